The average molecular weight is 252 g/mol. The van der Waals surface area contributed by atoms with E-state index in [0.717, 1.165) is 19.1 Å². The number of aromatic nitrogens is 1. The highest BCUT2D eigenvalue weighted by molar-refractivity contribution is 6.29. The molecule has 1 aromatic heterocycles. The van der Waals surface area contributed by atoms with Gasteiger partial charge in [0.15, 0.2) is 0 Å². The van der Waals surface area contributed by atoms with E-state index in [-0.39, 0.29) is 0 Å². The third-order valence-corrected chi connectivity index (χ3v) is 4.45. The third-order valence-electron chi connectivity index (χ3n) is 4.23. The van der Waals surface area contributed by atoms with Crippen LogP contribution in [0.3, 0.4) is 0 Å². The fourth-order valence-corrected chi connectivity index (χ4v) is 3.21. The number of anilines is 1. The molecule has 0 aliphatic carbocycles. The highest BCUT2D eigenvalue weighted by Crippen LogP contribution is 2.30. The molecule has 92 valence electrons. The van der Waals surface area contributed by atoms with Gasteiger partial charge >= 0.3 is 0 Å². The summed E-state index contributed by atoms with van der Waals surface area (Å²) in [5, 5.41) is 0.571. The van der Waals surface area contributed by atoms with E-state index in [1.165, 1.54) is 24.9 Å². The SMILES string of the molecule is CN1[C@H]2CC[C@H]1CN(c1ccc(Cl)nc1)CC2. The van der Waals surface area contributed by atoms with Crippen molar-refractivity contribution in [3.05, 3.63) is 23.5 Å². The van der Waals surface area contributed by atoms with Gasteiger partial charge in [0.1, 0.15) is 5.15 Å². The summed E-state index contributed by atoms with van der Waals surface area (Å²) in [5.41, 5.74) is 1.20. The predicted molar refractivity (Wildman–Crippen MR) is 70.7 cm³/mol. The van der Waals surface area contributed by atoms with E-state index in [1.807, 2.05) is 12.3 Å². The van der Waals surface area contributed by atoms with Crippen LogP contribution in [-0.4, -0.2) is 42.1 Å². The van der Waals surface area contributed by atoms with Gasteiger partial charge in [0, 0.05) is 25.2 Å². The Hall–Kier alpha value is -0.800. The number of fused-ring (bicyclic) bond motifs is 2. The quantitative estimate of drug-likeness (QED) is 0.715. The van der Waals surface area contributed by atoms with Crippen molar-refractivity contribution in [2.24, 2.45) is 0 Å². The van der Waals surface area contributed by atoms with Crippen molar-refractivity contribution in [1.82, 2.24) is 9.88 Å². The number of pyridine rings is 1. The molecule has 3 nitrogen and oxygen atoms in total. The second kappa shape index (κ2) is 4.46. The van der Waals surface area contributed by atoms with E-state index in [2.05, 4.69) is 27.9 Å². The average Bonchev–Trinajstić information content (AvgIpc) is 2.55. The lowest BCUT2D eigenvalue weighted by molar-refractivity contribution is 0.254. The van der Waals surface area contributed by atoms with Crippen molar-refractivity contribution in [3.63, 3.8) is 0 Å². The molecule has 0 unspecified atom stereocenters. The number of hydrogen-bond donors (Lipinski definition) is 0. The first-order chi connectivity index (χ1) is 8.24. The number of likely N-dealkylation sites (N-methyl/N-ethyl adjacent to an activating group) is 1. The number of nitrogens with zero attached hydrogens (tertiary/aromatic N) is 3. The zero-order valence-electron chi connectivity index (χ0n) is 10.1. The van der Waals surface area contributed by atoms with E-state index in [4.69, 9.17) is 11.6 Å². The number of hydrogen-bond acceptors (Lipinski definition) is 3. The Morgan fingerprint density at radius 3 is 2.82 bits per heavy atom. The van der Waals surface area contributed by atoms with Crippen molar-refractivity contribution in [2.45, 2.75) is 31.3 Å². The molecule has 0 aromatic carbocycles. The topological polar surface area (TPSA) is 19.4 Å². The molecule has 2 atom stereocenters. The lowest BCUT2D eigenvalue weighted by atomic mass is 10.1. The Kier molecular flexibility index (Phi) is 2.97. The Balaban J connectivity index is 1.79. The highest BCUT2D eigenvalue weighted by atomic mass is 35.5. The molecule has 2 bridgehead atoms. The normalized spacial score (nSPS) is 29.4. The summed E-state index contributed by atoms with van der Waals surface area (Å²) in [7, 11) is 2.27. The molecule has 4 heteroatoms. The zero-order chi connectivity index (χ0) is 11.8. The van der Waals surface area contributed by atoms with Gasteiger partial charge in [-0.2, -0.15) is 0 Å². The molecular formula is C13H18ClN3. The largest absolute Gasteiger partial charge is 0.369 e. The zero-order valence-corrected chi connectivity index (χ0v) is 10.9. The van der Waals surface area contributed by atoms with Crippen molar-refractivity contribution in [1.29, 1.82) is 0 Å². The molecule has 1 aromatic rings. The highest BCUT2D eigenvalue weighted by Gasteiger charge is 2.34. The molecule has 2 aliphatic heterocycles. The summed E-state index contributed by atoms with van der Waals surface area (Å²) in [6, 6.07) is 5.45. The molecule has 0 radical (unpaired) electrons. The molecule has 0 saturated carbocycles. The summed E-state index contributed by atoms with van der Waals surface area (Å²) in [6.45, 7) is 2.26. The standard InChI is InChI=1S/C13H18ClN3/c1-16-10-2-3-12(16)9-17(7-6-10)11-4-5-13(14)15-8-11/h4-5,8,10,12H,2-3,6-7,9H2,1H3/t10-,12-/m0/s1. The lowest BCUT2D eigenvalue weighted by Crippen LogP contribution is -2.36. The number of halogens is 1. The first-order valence-electron chi connectivity index (χ1n) is 6.32. The minimum Gasteiger partial charge on any atom is -0.369 e. The Bertz CT molecular complexity index is 392. The van der Waals surface area contributed by atoms with E-state index in [1.54, 1.807) is 0 Å². The maximum absolute atomic E-state index is 5.83. The van der Waals surface area contributed by atoms with Crippen LogP contribution in [-0.2, 0) is 0 Å². The minimum absolute atomic E-state index is 0.571. The van der Waals surface area contributed by atoms with Crippen LogP contribution in [0.15, 0.2) is 18.3 Å². The van der Waals surface area contributed by atoms with Crippen LogP contribution >= 0.6 is 11.6 Å². The van der Waals surface area contributed by atoms with Gasteiger partial charge in [-0.05, 0) is 38.4 Å². The maximum Gasteiger partial charge on any atom is 0.129 e. The molecule has 17 heavy (non-hydrogen) atoms. The van der Waals surface area contributed by atoms with Crippen LogP contribution in [0.5, 0.6) is 0 Å². The second-order valence-corrected chi connectivity index (χ2v) is 5.51. The van der Waals surface area contributed by atoms with Gasteiger partial charge in [0.2, 0.25) is 0 Å². The predicted octanol–water partition coefficient (Wildman–Crippen LogP) is 2.41. The first kappa shape index (κ1) is 11.3. The van der Waals surface area contributed by atoms with Gasteiger partial charge < -0.3 is 4.90 Å². The first-order valence-corrected chi connectivity index (χ1v) is 6.70. The Labute approximate surface area is 107 Å². The van der Waals surface area contributed by atoms with E-state index in [9.17, 15) is 0 Å². The van der Waals surface area contributed by atoms with Crippen molar-refractivity contribution in [3.8, 4) is 0 Å². The maximum atomic E-state index is 5.83. The second-order valence-electron chi connectivity index (χ2n) is 5.12. The van der Waals surface area contributed by atoms with Crippen LogP contribution in [0.2, 0.25) is 5.15 Å². The van der Waals surface area contributed by atoms with Crippen LogP contribution in [0.1, 0.15) is 19.3 Å². The summed E-state index contributed by atoms with van der Waals surface area (Å²) >= 11 is 5.83. The van der Waals surface area contributed by atoms with E-state index in [0.29, 0.717) is 11.2 Å². The molecule has 0 amide bonds. The molecule has 2 fully saturated rings. The van der Waals surface area contributed by atoms with Crippen LogP contribution in [0, 0.1) is 0 Å². The monoisotopic (exact) mass is 251 g/mol. The number of rotatable bonds is 1. The van der Waals surface area contributed by atoms with Crippen molar-refractivity contribution in [2.75, 3.05) is 25.0 Å². The molecule has 3 heterocycles. The molecule has 2 aliphatic rings. The van der Waals surface area contributed by atoms with Gasteiger partial charge in [0.25, 0.3) is 0 Å². The van der Waals surface area contributed by atoms with Crippen molar-refractivity contribution < 1.29 is 0 Å². The van der Waals surface area contributed by atoms with Gasteiger partial charge in [-0.3, -0.25) is 4.90 Å². The summed E-state index contributed by atoms with van der Waals surface area (Å²) in [5.74, 6) is 0. The minimum atomic E-state index is 0.571. The van der Waals surface area contributed by atoms with E-state index < -0.39 is 0 Å². The van der Waals surface area contributed by atoms with E-state index >= 15 is 0 Å². The summed E-state index contributed by atoms with van der Waals surface area (Å²) in [6.07, 6.45) is 5.85. The lowest BCUT2D eigenvalue weighted by Gasteiger charge is -2.27. The van der Waals surface area contributed by atoms with Crippen LogP contribution in [0.4, 0.5) is 5.69 Å². The molecular weight excluding hydrogens is 234 g/mol. The van der Waals surface area contributed by atoms with Crippen LogP contribution < -0.4 is 4.90 Å². The molecule has 3 rings (SSSR count). The molecule has 2 saturated heterocycles. The fraction of sp³-hybridized carbons (Fsp3) is 0.615. The smallest absolute Gasteiger partial charge is 0.129 e. The van der Waals surface area contributed by atoms with Gasteiger partial charge in [-0.1, -0.05) is 11.6 Å². The Morgan fingerprint density at radius 1 is 1.24 bits per heavy atom. The van der Waals surface area contributed by atoms with Crippen LogP contribution in [0.25, 0.3) is 0 Å². The van der Waals surface area contributed by atoms with Gasteiger partial charge in [-0.25, -0.2) is 4.98 Å². The summed E-state index contributed by atoms with van der Waals surface area (Å²) in [4.78, 5) is 9.18. The Morgan fingerprint density at radius 2 is 2.06 bits per heavy atom. The van der Waals surface area contributed by atoms with Crippen molar-refractivity contribution >= 4 is 17.3 Å². The molecule has 0 N–H and O–H groups in total. The fourth-order valence-electron chi connectivity index (χ4n) is 3.10. The van der Waals surface area contributed by atoms with Gasteiger partial charge in [-0.15, -0.1) is 0 Å². The third kappa shape index (κ3) is 2.14. The van der Waals surface area contributed by atoms with Gasteiger partial charge in [0.05, 0.1) is 11.9 Å². The molecule has 0 spiro atoms. The summed E-state index contributed by atoms with van der Waals surface area (Å²) < 4.78 is 0.